The number of nitrogens with two attached hydrogens (primary N) is 1. The van der Waals surface area contributed by atoms with E-state index in [1.54, 1.807) is 6.07 Å². The molecule has 3 aromatic rings. The molecular formula is C24H28N6O3. The number of phenolic OH excluding ortho intramolecular Hbond substituents is 1. The number of nitrogens with one attached hydrogen (secondary N) is 3. The summed E-state index contributed by atoms with van der Waals surface area (Å²) in [6, 6.07) is 9.12. The van der Waals surface area contributed by atoms with E-state index in [4.69, 9.17) is 5.73 Å². The van der Waals surface area contributed by atoms with E-state index in [2.05, 4.69) is 20.8 Å². The Hall–Kier alpha value is -3.72. The summed E-state index contributed by atoms with van der Waals surface area (Å²) in [4.78, 5) is 13.6. The summed E-state index contributed by atoms with van der Waals surface area (Å²) in [7, 11) is 0. The molecule has 0 amide bonds. The molecule has 0 saturated carbocycles. The van der Waals surface area contributed by atoms with Gasteiger partial charge in [-0.2, -0.15) is 5.10 Å². The maximum atomic E-state index is 11.7. The fourth-order valence-corrected chi connectivity index (χ4v) is 4.87. The number of aliphatic carboxylic acids is 1. The van der Waals surface area contributed by atoms with Crippen molar-refractivity contribution in [3.63, 3.8) is 0 Å². The van der Waals surface area contributed by atoms with E-state index in [0.717, 1.165) is 51.1 Å². The highest BCUT2D eigenvalue weighted by atomic mass is 16.4. The fraction of sp³-hybridized carbons (Fsp3) is 0.333. The molecular weight excluding hydrogens is 420 g/mol. The van der Waals surface area contributed by atoms with Crippen molar-refractivity contribution in [2.45, 2.75) is 38.9 Å². The molecule has 172 valence electrons. The van der Waals surface area contributed by atoms with Crippen molar-refractivity contribution in [2.24, 2.45) is 0 Å². The van der Waals surface area contributed by atoms with E-state index in [0.29, 0.717) is 25.2 Å². The normalized spacial score (nSPS) is 20.5. The van der Waals surface area contributed by atoms with Gasteiger partial charge in [-0.1, -0.05) is 26.0 Å². The molecule has 2 aromatic carbocycles. The van der Waals surface area contributed by atoms with Crippen molar-refractivity contribution >= 4 is 22.6 Å². The van der Waals surface area contributed by atoms with Gasteiger partial charge in [0.25, 0.3) is 0 Å². The summed E-state index contributed by atoms with van der Waals surface area (Å²) in [6.45, 7) is 5.27. The predicted molar refractivity (Wildman–Crippen MR) is 126 cm³/mol. The van der Waals surface area contributed by atoms with E-state index >= 15 is 0 Å². The molecule has 9 heteroatoms. The molecule has 2 atom stereocenters. The second kappa shape index (κ2) is 8.00. The molecule has 33 heavy (non-hydrogen) atoms. The van der Waals surface area contributed by atoms with Crippen LogP contribution >= 0.6 is 0 Å². The van der Waals surface area contributed by atoms with Gasteiger partial charge in [0, 0.05) is 29.7 Å². The number of carboxylic acids is 1. The second-order valence-corrected chi connectivity index (χ2v) is 8.59. The quantitative estimate of drug-likeness (QED) is 0.259. The predicted octanol–water partition coefficient (Wildman–Crippen LogP) is 2.66. The Morgan fingerprint density at radius 2 is 2.00 bits per heavy atom. The van der Waals surface area contributed by atoms with E-state index in [1.807, 2.05) is 43.0 Å². The highest BCUT2D eigenvalue weighted by Gasteiger charge is 2.37. The maximum absolute atomic E-state index is 11.7. The van der Waals surface area contributed by atoms with Gasteiger partial charge in [-0.05, 0) is 47.9 Å². The van der Waals surface area contributed by atoms with Gasteiger partial charge in [0.05, 0.1) is 11.2 Å². The van der Waals surface area contributed by atoms with Crippen LogP contribution in [0.15, 0.2) is 41.7 Å². The van der Waals surface area contributed by atoms with Crippen LogP contribution in [0.1, 0.15) is 37.7 Å². The number of phenols is 1. The highest BCUT2D eigenvalue weighted by molar-refractivity contribution is 5.88. The first-order chi connectivity index (χ1) is 15.9. The maximum Gasteiger partial charge on any atom is 0.321 e. The molecule has 0 aliphatic carbocycles. The number of rotatable bonds is 5. The Balaban J connectivity index is 1.43. The van der Waals surface area contributed by atoms with Gasteiger partial charge in [0.2, 0.25) is 0 Å². The first-order valence-electron chi connectivity index (χ1n) is 11.2. The Morgan fingerprint density at radius 3 is 2.73 bits per heavy atom. The van der Waals surface area contributed by atoms with Crippen molar-refractivity contribution < 1.29 is 15.0 Å². The van der Waals surface area contributed by atoms with Crippen LogP contribution in [0, 0.1) is 0 Å². The number of carboxylic acid groups (broad SMARTS) is 1. The number of aromatic hydroxyl groups is 1. The van der Waals surface area contributed by atoms with Crippen LogP contribution < -0.4 is 16.4 Å². The average molecular weight is 449 g/mol. The van der Waals surface area contributed by atoms with E-state index in [9.17, 15) is 15.0 Å². The third kappa shape index (κ3) is 3.54. The first kappa shape index (κ1) is 21.1. The molecule has 0 radical (unpaired) electrons. The minimum atomic E-state index is -0.798. The van der Waals surface area contributed by atoms with Crippen LogP contribution in [0.4, 0.5) is 5.69 Å². The van der Waals surface area contributed by atoms with Crippen LogP contribution in [0.5, 0.6) is 5.75 Å². The summed E-state index contributed by atoms with van der Waals surface area (Å²) >= 11 is 0. The molecule has 0 saturated heterocycles. The molecule has 1 aromatic heterocycles. The Morgan fingerprint density at radius 1 is 1.21 bits per heavy atom. The zero-order valence-electron chi connectivity index (χ0n) is 18.6. The van der Waals surface area contributed by atoms with Gasteiger partial charge >= 0.3 is 5.97 Å². The molecule has 9 nitrogen and oxygen atoms in total. The van der Waals surface area contributed by atoms with E-state index in [-0.39, 0.29) is 11.9 Å². The van der Waals surface area contributed by atoms with Gasteiger partial charge in [0.1, 0.15) is 23.7 Å². The topological polar surface area (TPSA) is 140 Å². The lowest BCUT2D eigenvalue weighted by Crippen LogP contribution is -2.46. The lowest BCUT2D eigenvalue weighted by molar-refractivity contribution is -0.143. The standard InChI is InChI=1S/C24H28N6O3/c1-3-12-8-21(31)16(25)9-15(12)13-5-6-14-17(7-13)28-29-22(14)23-26-18-10-20(24(32)33)30(4-2)11-19(18)27-23/h5-9,20,23,26-27,31H,3-4,10-11,25H2,1-2H3,(H,28,29)(H,32,33). The van der Waals surface area contributed by atoms with Crippen LogP contribution in [-0.4, -0.2) is 50.4 Å². The van der Waals surface area contributed by atoms with E-state index < -0.39 is 12.0 Å². The Bertz CT molecular complexity index is 1280. The molecule has 0 spiro atoms. The number of aryl methyl sites for hydroxylation is 1. The number of benzene rings is 2. The van der Waals surface area contributed by atoms with Gasteiger partial charge in [0.15, 0.2) is 0 Å². The molecule has 0 fully saturated rings. The van der Waals surface area contributed by atoms with E-state index in [1.165, 1.54) is 0 Å². The molecule has 7 N–H and O–H groups in total. The molecule has 5 rings (SSSR count). The summed E-state index contributed by atoms with van der Waals surface area (Å²) in [5.74, 6) is -0.699. The van der Waals surface area contributed by atoms with Gasteiger partial charge in [-0.3, -0.25) is 14.8 Å². The number of carbonyl (C=O) groups is 1. The number of nitrogens with zero attached hydrogens (tertiary/aromatic N) is 2. The van der Waals surface area contributed by atoms with Crippen molar-refractivity contribution in [1.29, 1.82) is 0 Å². The lowest BCUT2D eigenvalue weighted by atomic mass is 9.96. The number of hydrogen-bond donors (Lipinski definition) is 6. The number of fused-ring (bicyclic) bond motifs is 1. The zero-order chi connectivity index (χ0) is 23.3. The zero-order valence-corrected chi connectivity index (χ0v) is 18.6. The number of hydrogen-bond acceptors (Lipinski definition) is 7. The van der Waals surface area contributed by atoms with Crippen LogP contribution in [0.25, 0.3) is 22.0 Å². The SMILES string of the molecule is CCc1cc(O)c(N)cc1-c1ccc2c(C3NC4=C(CN(CC)C(C(=O)O)C4)N3)n[nH]c2c1. The van der Waals surface area contributed by atoms with Crippen LogP contribution in [-0.2, 0) is 11.2 Å². The molecule has 0 bridgehead atoms. The van der Waals surface area contributed by atoms with Crippen molar-refractivity contribution in [3.05, 3.63) is 53.0 Å². The van der Waals surface area contributed by atoms with Crippen molar-refractivity contribution in [2.75, 3.05) is 18.8 Å². The summed E-state index contributed by atoms with van der Waals surface area (Å²) in [5.41, 5.74) is 13.0. The second-order valence-electron chi connectivity index (χ2n) is 8.59. The third-order valence-corrected chi connectivity index (χ3v) is 6.70. The Kier molecular flexibility index (Phi) is 5.13. The highest BCUT2D eigenvalue weighted by Crippen LogP contribution is 2.35. The average Bonchev–Trinajstić information content (AvgIpc) is 3.42. The largest absolute Gasteiger partial charge is 0.506 e. The van der Waals surface area contributed by atoms with Crippen LogP contribution in [0.2, 0.25) is 0 Å². The monoisotopic (exact) mass is 448 g/mol. The number of nitrogen functional groups attached to an aromatic ring is 1. The molecule has 2 unspecified atom stereocenters. The van der Waals surface area contributed by atoms with Gasteiger partial charge in [-0.25, -0.2) is 0 Å². The number of aromatic nitrogens is 2. The molecule has 2 aliphatic rings. The number of likely N-dealkylation sites (N-methyl/N-ethyl adjacent to an activating group) is 1. The van der Waals surface area contributed by atoms with Gasteiger partial charge in [-0.15, -0.1) is 0 Å². The Labute approximate surface area is 191 Å². The van der Waals surface area contributed by atoms with Crippen molar-refractivity contribution in [3.8, 4) is 16.9 Å². The summed E-state index contributed by atoms with van der Waals surface area (Å²) < 4.78 is 0. The lowest BCUT2D eigenvalue weighted by Gasteiger charge is -2.32. The minimum Gasteiger partial charge on any atom is -0.506 e. The van der Waals surface area contributed by atoms with Gasteiger partial charge < -0.3 is 26.6 Å². The number of aromatic amines is 1. The summed E-state index contributed by atoms with van der Waals surface area (Å²) in [6.07, 6.45) is 0.988. The van der Waals surface area contributed by atoms with Crippen molar-refractivity contribution in [1.82, 2.24) is 25.7 Å². The third-order valence-electron chi connectivity index (χ3n) is 6.70. The smallest absolute Gasteiger partial charge is 0.321 e. The summed E-state index contributed by atoms with van der Waals surface area (Å²) in [5, 5.41) is 35.2. The molecule has 3 heterocycles. The van der Waals surface area contributed by atoms with Crippen LogP contribution in [0.3, 0.4) is 0 Å². The fourth-order valence-electron chi connectivity index (χ4n) is 4.87. The molecule has 2 aliphatic heterocycles. The number of H-pyrrole nitrogens is 1. The first-order valence-corrected chi connectivity index (χ1v) is 11.2. The minimum absolute atomic E-state index is 0.0992. The number of anilines is 1.